The number of nitrogens with zero attached hydrogens (tertiary/aromatic N) is 2. The van der Waals surface area contributed by atoms with Crippen molar-refractivity contribution in [3.8, 4) is 0 Å². The summed E-state index contributed by atoms with van der Waals surface area (Å²) in [5.74, 6) is -2.47. The van der Waals surface area contributed by atoms with Gasteiger partial charge in [0.05, 0.1) is 31.3 Å². The SMILES string of the molecule is CC(C)N([C@H]1COC[C@@H]1NC(=O)[C@H](C)N)S(=O)(=O)N1C[C@H](CCCB(O)O)[C@](N)(C(=O)O)C1. The largest absolute Gasteiger partial charge is 0.480 e. The van der Waals surface area contributed by atoms with Crippen LogP contribution in [-0.2, 0) is 24.5 Å². The van der Waals surface area contributed by atoms with Crippen LogP contribution in [0.5, 0.6) is 0 Å². The molecule has 190 valence electrons. The van der Waals surface area contributed by atoms with Crippen LogP contribution < -0.4 is 16.8 Å². The second kappa shape index (κ2) is 10.9. The van der Waals surface area contributed by atoms with Gasteiger partial charge in [0.1, 0.15) is 5.54 Å². The fraction of sp³-hybridized carbons (Fsp3) is 0.889. The molecule has 33 heavy (non-hydrogen) atoms. The summed E-state index contributed by atoms with van der Waals surface area (Å²) in [4.78, 5) is 24.1. The second-order valence-electron chi connectivity index (χ2n) is 9.19. The molecule has 0 radical (unpaired) electrons. The molecule has 0 aromatic carbocycles. The standard InChI is InChI=1S/C18H36BN5O8S/c1-11(2)24(15-9-32-8-14(15)22-16(25)12(3)20)33(30,31)23-7-13(5-4-6-19(28)29)18(21,10-23)17(26)27/h11-15,28-29H,4-10,20-21H2,1-3H3,(H,22,25)(H,26,27)/t12-,13-,14-,15-,18-/m0/s1. The fourth-order valence-electron chi connectivity index (χ4n) is 4.41. The molecular weight excluding hydrogens is 457 g/mol. The van der Waals surface area contributed by atoms with Gasteiger partial charge in [-0.1, -0.05) is 6.42 Å². The number of hydrogen-bond acceptors (Lipinski definition) is 9. The number of ether oxygens (including phenoxy) is 1. The predicted octanol–water partition coefficient (Wildman–Crippen LogP) is -2.86. The third-order valence-corrected chi connectivity index (χ3v) is 8.38. The van der Waals surface area contributed by atoms with Crippen LogP contribution in [0, 0.1) is 5.92 Å². The molecule has 1 amide bonds. The fourth-order valence-corrected chi connectivity index (χ4v) is 6.50. The summed E-state index contributed by atoms with van der Waals surface area (Å²) in [6, 6.07) is -2.62. The van der Waals surface area contributed by atoms with E-state index in [-0.39, 0.29) is 38.9 Å². The van der Waals surface area contributed by atoms with Crippen molar-refractivity contribution in [3.63, 3.8) is 0 Å². The number of carbonyl (C=O) groups is 2. The van der Waals surface area contributed by atoms with Crippen LogP contribution in [0.25, 0.3) is 0 Å². The maximum atomic E-state index is 13.7. The lowest BCUT2D eigenvalue weighted by Gasteiger charge is -2.37. The Morgan fingerprint density at radius 3 is 2.45 bits per heavy atom. The van der Waals surface area contributed by atoms with E-state index in [1.165, 1.54) is 11.2 Å². The zero-order valence-corrected chi connectivity index (χ0v) is 20.1. The molecular formula is C18H36BN5O8S. The first kappa shape index (κ1) is 27.9. The highest BCUT2D eigenvalue weighted by Crippen LogP contribution is 2.34. The minimum atomic E-state index is -4.19. The highest BCUT2D eigenvalue weighted by Gasteiger charge is 2.55. The van der Waals surface area contributed by atoms with Gasteiger partial charge in [0.25, 0.3) is 10.2 Å². The lowest BCUT2D eigenvalue weighted by Crippen LogP contribution is -2.60. The summed E-state index contributed by atoms with van der Waals surface area (Å²) in [6.45, 7) is 4.51. The molecule has 2 aliphatic rings. The summed E-state index contributed by atoms with van der Waals surface area (Å²) in [7, 11) is -5.73. The number of carboxylic acid groups (broad SMARTS) is 1. The average molecular weight is 493 g/mol. The number of rotatable bonds is 11. The van der Waals surface area contributed by atoms with E-state index in [4.69, 9.17) is 26.3 Å². The van der Waals surface area contributed by atoms with E-state index in [1.54, 1.807) is 13.8 Å². The van der Waals surface area contributed by atoms with Gasteiger partial charge in [0.15, 0.2) is 0 Å². The maximum absolute atomic E-state index is 13.7. The van der Waals surface area contributed by atoms with Gasteiger partial charge in [-0.15, -0.1) is 0 Å². The van der Waals surface area contributed by atoms with Gasteiger partial charge in [0.2, 0.25) is 5.91 Å². The Kier molecular flexibility index (Phi) is 9.26. The lowest BCUT2D eigenvalue weighted by atomic mass is 9.78. The molecule has 5 atom stereocenters. The molecule has 2 fully saturated rings. The average Bonchev–Trinajstić information content (AvgIpc) is 3.27. The first-order chi connectivity index (χ1) is 15.2. The summed E-state index contributed by atoms with van der Waals surface area (Å²) in [6.07, 6.45) is 0.517. The van der Waals surface area contributed by atoms with Crippen molar-refractivity contribution in [3.05, 3.63) is 0 Å². The Hall–Kier alpha value is -1.33. The first-order valence-electron chi connectivity index (χ1n) is 11.0. The van der Waals surface area contributed by atoms with Crippen molar-refractivity contribution in [1.82, 2.24) is 13.9 Å². The van der Waals surface area contributed by atoms with E-state index in [0.717, 1.165) is 4.31 Å². The smallest absolute Gasteiger partial charge is 0.451 e. The zero-order chi connectivity index (χ0) is 25.1. The molecule has 13 nitrogen and oxygen atoms in total. The topological polar surface area (TPSA) is 209 Å². The Balaban J connectivity index is 2.28. The molecule has 0 saturated carbocycles. The molecule has 2 saturated heterocycles. The number of amides is 1. The molecule has 0 aromatic rings. The van der Waals surface area contributed by atoms with Crippen molar-refractivity contribution in [2.24, 2.45) is 17.4 Å². The molecule has 0 bridgehead atoms. The third-order valence-electron chi connectivity index (χ3n) is 6.22. The third kappa shape index (κ3) is 6.22. The molecule has 0 unspecified atom stereocenters. The Morgan fingerprint density at radius 1 is 1.30 bits per heavy atom. The van der Waals surface area contributed by atoms with E-state index in [9.17, 15) is 23.1 Å². The summed E-state index contributed by atoms with van der Waals surface area (Å²) < 4.78 is 35.1. The van der Waals surface area contributed by atoms with Gasteiger partial charge in [-0.25, -0.2) is 0 Å². The minimum Gasteiger partial charge on any atom is -0.480 e. The van der Waals surface area contributed by atoms with Crippen molar-refractivity contribution in [2.75, 3.05) is 26.3 Å². The Bertz CT molecular complexity index is 814. The van der Waals surface area contributed by atoms with Gasteiger partial charge >= 0.3 is 13.1 Å². The molecule has 2 aliphatic heterocycles. The van der Waals surface area contributed by atoms with E-state index in [1.807, 2.05) is 0 Å². The molecule has 0 spiro atoms. The molecule has 2 heterocycles. The number of hydrogen-bond donors (Lipinski definition) is 6. The highest BCUT2D eigenvalue weighted by atomic mass is 32.2. The van der Waals surface area contributed by atoms with Crippen molar-refractivity contribution < 1.29 is 37.9 Å². The summed E-state index contributed by atoms with van der Waals surface area (Å²) in [5, 5.41) is 30.6. The quantitative estimate of drug-likeness (QED) is 0.162. The maximum Gasteiger partial charge on any atom is 0.451 e. The predicted molar refractivity (Wildman–Crippen MR) is 120 cm³/mol. The van der Waals surface area contributed by atoms with Crippen LogP contribution >= 0.6 is 0 Å². The van der Waals surface area contributed by atoms with Crippen molar-refractivity contribution >= 4 is 29.2 Å². The van der Waals surface area contributed by atoms with Crippen LogP contribution in [0.3, 0.4) is 0 Å². The van der Waals surface area contributed by atoms with E-state index >= 15 is 0 Å². The van der Waals surface area contributed by atoms with Gasteiger partial charge < -0.3 is 36.7 Å². The van der Waals surface area contributed by atoms with Crippen molar-refractivity contribution in [2.45, 2.75) is 69.6 Å². The van der Waals surface area contributed by atoms with Crippen LogP contribution in [0.2, 0.25) is 6.32 Å². The van der Waals surface area contributed by atoms with Crippen LogP contribution in [0.15, 0.2) is 0 Å². The van der Waals surface area contributed by atoms with Gasteiger partial charge in [-0.2, -0.15) is 17.0 Å². The van der Waals surface area contributed by atoms with Crippen LogP contribution in [0.4, 0.5) is 0 Å². The number of aliphatic carboxylic acids is 1. The number of nitrogens with two attached hydrogens (primary N) is 2. The monoisotopic (exact) mass is 493 g/mol. The van der Waals surface area contributed by atoms with Crippen LogP contribution in [0.1, 0.15) is 33.6 Å². The van der Waals surface area contributed by atoms with E-state index in [0.29, 0.717) is 0 Å². The normalized spacial score (nSPS) is 29.5. The highest BCUT2D eigenvalue weighted by molar-refractivity contribution is 7.86. The number of carbonyl (C=O) groups excluding carboxylic acids is 1. The molecule has 8 N–H and O–H groups in total. The molecule has 0 aliphatic carbocycles. The van der Waals surface area contributed by atoms with Gasteiger partial charge in [-0.05, 0) is 33.5 Å². The first-order valence-corrected chi connectivity index (χ1v) is 12.4. The summed E-state index contributed by atoms with van der Waals surface area (Å²) in [5.41, 5.74) is 9.97. The summed E-state index contributed by atoms with van der Waals surface area (Å²) >= 11 is 0. The van der Waals surface area contributed by atoms with Crippen LogP contribution in [-0.4, -0.2) is 107 Å². The second-order valence-corrected chi connectivity index (χ2v) is 11.0. The van der Waals surface area contributed by atoms with E-state index < -0.39 is 71.4 Å². The van der Waals surface area contributed by atoms with E-state index in [2.05, 4.69) is 5.32 Å². The van der Waals surface area contributed by atoms with Crippen molar-refractivity contribution in [1.29, 1.82) is 0 Å². The zero-order valence-electron chi connectivity index (χ0n) is 19.3. The minimum absolute atomic E-state index is 0.0252. The molecule has 2 rings (SSSR count). The molecule has 15 heteroatoms. The number of nitrogens with one attached hydrogen (secondary N) is 1. The number of carboxylic acids is 1. The Labute approximate surface area is 194 Å². The lowest BCUT2D eigenvalue weighted by molar-refractivity contribution is -0.144. The van der Waals surface area contributed by atoms with Gasteiger partial charge in [-0.3, -0.25) is 9.59 Å². The Morgan fingerprint density at radius 2 is 1.94 bits per heavy atom. The molecule has 0 aromatic heterocycles. The van der Waals surface area contributed by atoms with Gasteiger partial charge in [0, 0.05) is 25.0 Å².